The van der Waals surface area contributed by atoms with Gasteiger partial charge in [0.25, 0.3) is 0 Å². The van der Waals surface area contributed by atoms with E-state index in [-0.39, 0.29) is 0 Å². The van der Waals surface area contributed by atoms with E-state index >= 15 is 0 Å². The van der Waals surface area contributed by atoms with Gasteiger partial charge < -0.3 is 15.4 Å². The van der Waals surface area contributed by atoms with Gasteiger partial charge in [-0.3, -0.25) is 0 Å². The van der Waals surface area contributed by atoms with E-state index in [1.807, 2.05) is 19.1 Å². The monoisotopic (exact) mass is 248 g/mol. The molecule has 1 aliphatic heterocycles. The van der Waals surface area contributed by atoms with Crippen LogP contribution in [0.5, 0.6) is 5.75 Å². The topological polar surface area (TPSA) is 33.3 Å². The van der Waals surface area contributed by atoms with E-state index in [9.17, 15) is 0 Å². The molecule has 18 heavy (non-hydrogen) atoms. The molecule has 0 aliphatic carbocycles. The molecule has 0 spiro atoms. The molecule has 0 atom stereocenters. The first kappa shape index (κ1) is 13.4. The standard InChI is InChI=1S/C15H24N2O/c1-2-18-15-6-4-3-5-14(15)12-17-11-13-7-9-16-10-8-13/h3-6,13,16-17H,2,7-12H2,1H3. The minimum absolute atomic E-state index is 0.727. The zero-order chi connectivity index (χ0) is 12.6. The van der Waals surface area contributed by atoms with Crippen LogP contribution in [-0.4, -0.2) is 26.2 Å². The summed E-state index contributed by atoms with van der Waals surface area (Å²) >= 11 is 0. The largest absolute Gasteiger partial charge is 0.494 e. The summed E-state index contributed by atoms with van der Waals surface area (Å²) in [6, 6.07) is 8.29. The summed E-state index contributed by atoms with van der Waals surface area (Å²) in [7, 11) is 0. The molecule has 2 rings (SSSR count). The average molecular weight is 248 g/mol. The van der Waals surface area contributed by atoms with E-state index in [0.29, 0.717) is 0 Å². The minimum atomic E-state index is 0.727. The molecule has 0 saturated carbocycles. The van der Waals surface area contributed by atoms with Crippen molar-refractivity contribution < 1.29 is 4.74 Å². The molecule has 2 N–H and O–H groups in total. The highest BCUT2D eigenvalue weighted by atomic mass is 16.5. The Morgan fingerprint density at radius 1 is 1.28 bits per heavy atom. The van der Waals surface area contributed by atoms with Crippen molar-refractivity contribution in [3.05, 3.63) is 29.8 Å². The lowest BCUT2D eigenvalue weighted by molar-refractivity contribution is 0.331. The van der Waals surface area contributed by atoms with Gasteiger partial charge >= 0.3 is 0 Å². The molecule has 0 unspecified atom stereocenters. The van der Waals surface area contributed by atoms with E-state index in [0.717, 1.165) is 31.4 Å². The van der Waals surface area contributed by atoms with Gasteiger partial charge in [0.15, 0.2) is 0 Å². The third-order valence-electron chi connectivity index (χ3n) is 3.48. The van der Waals surface area contributed by atoms with Crippen LogP contribution >= 0.6 is 0 Å². The Labute approximate surface area is 110 Å². The number of para-hydroxylation sites is 1. The first-order valence-corrected chi connectivity index (χ1v) is 7.02. The maximum absolute atomic E-state index is 5.63. The second kappa shape index (κ2) is 7.39. The minimum Gasteiger partial charge on any atom is -0.494 e. The number of ether oxygens (including phenoxy) is 1. The summed E-state index contributed by atoms with van der Waals surface area (Å²) in [4.78, 5) is 0. The van der Waals surface area contributed by atoms with E-state index < -0.39 is 0 Å². The summed E-state index contributed by atoms with van der Waals surface area (Å²) in [6.07, 6.45) is 2.58. The Morgan fingerprint density at radius 3 is 2.83 bits per heavy atom. The quantitative estimate of drug-likeness (QED) is 0.809. The van der Waals surface area contributed by atoms with Crippen LogP contribution in [0.1, 0.15) is 25.3 Å². The van der Waals surface area contributed by atoms with Gasteiger partial charge in [0.2, 0.25) is 0 Å². The second-order valence-electron chi connectivity index (χ2n) is 4.87. The molecule has 0 bridgehead atoms. The highest BCUT2D eigenvalue weighted by Gasteiger charge is 2.12. The van der Waals surface area contributed by atoms with E-state index in [4.69, 9.17) is 4.74 Å². The first-order chi connectivity index (χ1) is 8.90. The number of hydrogen-bond donors (Lipinski definition) is 2. The lowest BCUT2D eigenvalue weighted by atomic mass is 9.98. The van der Waals surface area contributed by atoms with Crippen molar-refractivity contribution in [2.24, 2.45) is 5.92 Å². The molecule has 100 valence electrons. The van der Waals surface area contributed by atoms with Gasteiger partial charge in [0, 0.05) is 12.1 Å². The number of rotatable bonds is 6. The predicted molar refractivity (Wildman–Crippen MR) is 74.9 cm³/mol. The maximum atomic E-state index is 5.63. The maximum Gasteiger partial charge on any atom is 0.123 e. The van der Waals surface area contributed by atoms with Gasteiger partial charge in [-0.1, -0.05) is 18.2 Å². The van der Waals surface area contributed by atoms with E-state index in [1.54, 1.807) is 0 Å². The average Bonchev–Trinajstić information content (AvgIpc) is 2.42. The van der Waals surface area contributed by atoms with Crippen LogP contribution in [0, 0.1) is 5.92 Å². The Morgan fingerprint density at radius 2 is 2.06 bits per heavy atom. The van der Waals surface area contributed by atoms with Crippen LogP contribution in [0.2, 0.25) is 0 Å². The predicted octanol–water partition coefficient (Wildman–Crippen LogP) is 2.17. The lowest BCUT2D eigenvalue weighted by Crippen LogP contribution is -2.33. The molecule has 0 radical (unpaired) electrons. The number of hydrogen-bond acceptors (Lipinski definition) is 3. The van der Waals surface area contributed by atoms with Gasteiger partial charge in [-0.2, -0.15) is 0 Å². The van der Waals surface area contributed by atoms with Crippen molar-refractivity contribution in [3.63, 3.8) is 0 Å². The van der Waals surface area contributed by atoms with Crippen LogP contribution < -0.4 is 15.4 Å². The summed E-state index contributed by atoms with van der Waals surface area (Å²) in [5.74, 6) is 1.84. The number of piperidine rings is 1. The molecule has 0 amide bonds. The van der Waals surface area contributed by atoms with E-state index in [2.05, 4.69) is 22.8 Å². The van der Waals surface area contributed by atoms with Crippen molar-refractivity contribution in [2.75, 3.05) is 26.2 Å². The Balaban J connectivity index is 1.78. The fraction of sp³-hybridized carbons (Fsp3) is 0.600. The third kappa shape index (κ3) is 4.00. The summed E-state index contributed by atoms with van der Waals surface area (Å²) in [5.41, 5.74) is 1.26. The zero-order valence-electron chi connectivity index (χ0n) is 11.2. The van der Waals surface area contributed by atoms with Crippen molar-refractivity contribution in [2.45, 2.75) is 26.3 Å². The molecule has 1 aromatic carbocycles. The highest BCUT2D eigenvalue weighted by Crippen LogP contribution is 2.18. The summed E-state index contributed by atoms with van der Waals surface area (Å²) in [5, 5.41) is 6.96. The molecule has 3 nitrogen and oxygen atoms in total. The van der Waals surface area contributed by atoms with Crippen LogP contribution in [-0.2, 0) is 6.54 Å². The molecule has 1 heterocycles. The van der Waals surface area contributed by atoms with Gasteiger partial charge in [0.1, 0.15) is 5.75 Å². The van der Waals surface area contributed by atoms with Gasteiger partial charge in [-0.15, -0.1) is 0 Å². The van der Waals surface area contributed by atoms with Crippen LogP contribution in [0.25, 0.3) is 0 Å². The highest BCUT2D eigenvalue weighted by molar-refractivity contribution is 5.33. The van der Waals surface area contributed by atoms with E-state index in [1.165, 1.54) is 31.5 Å². The van der Waals surface area contributed by atoms with Gasteiger partial charge in [-0.25, -0.2) is 0 Å². The van der Waals surface area contributed by atoms with Gasteiger partial charge in [-0.05, 0) is 51.4 Å². The molecule has 1 fully saturated rings. The molecular weight excluding hydrogens is 224 g/mol. The lowest BCUT2D eigenvalue weighted by Gasteiger charge is -2.23. The number of nitrogens with one attached hydrogen (secondary N) is 2. The summed E-state index contributed by atoms with van der Waals surface area (Å²) < 4.78 is 5.63. The smallest absolute Gasteiger partial charge is 0.123 e. The SMILES string of the molecule is CCOc1ccccc1CNCC1CCNCC1. The van der Waals surface area contributed by atoms with Crippen molar-refractivity contribution in [1.29, 1.82) is 0 Å². The van der Waals surface area contributed by atoms with Crippen molar-refractivity contribution in [1.82, 2.24) is 10.6 Å². The molecule has 3 heteroatoms. The van der Waals surface area contributed by atoms with Crippen molar-refractivity contribution >= 4 is 0 Å². The first-order valence-electron chi connectivity index (χ1n) is 7.02. The van der Waals surface area contributed by atoms with Crippen molar-refractivity contribution in [3.8, 4) is 5.75 Å². The molecule has 1 saturated heterocycles. The molecular formula is C15H24N2O. The molecule has 1 aromatic rings. The third-order valence-corrected chi connectivity index (χ3v) is 3.48. The van der Waals surface area contributed by atoms with Crippen LogP contribution in [0.4, 0.5) is 0 Å². The zero-order valence-corrected chi connectivity index (χ0v) is 11.2. The van der Waals surface area contributed by atoms with Crippen LogP contribution in [0.3, 0.4) is 0 Å². The molecule has 0 aromatic heterocycles. The van der Waals surface area contributed by atoms with Crippen LogP contribution in [0.15, 0.2) is 24.3 Å². The van der Waals surface area contributed by atoms with Gasteiger partial charge in [0.05, 0.1) is 6.61 Å². The Kier molecular flexibility index (Phi) is 5.49. The normalized spacial score (nSPS) is 16.7. The molecule has 1 aliphatic rings. The Bertz CT molecular complexity index is 348. The second-order valence-corrected chi connectivity index (χ2v) is 4.87. The fourth-order valence-electron chi connectivity index (χ4n) is 2.44. The number of benzene rings is 1. The Hall–Kier alpha value is -1.06. The fourth-order valence-corrected chi connectivity index (χ4v) is 2.44. The summed E-state index contributed by atoms with van der Waals surface area (Å²) in [6.45, 7) is 7.11.